The molecule has 5 N–H and O–H groups in total. The minimum Gasteiger partial charge on any atom is -0.507 e. The number of aromatic hydroxyl groups is 1. The summed E-state index contributed by atoms with van der Waals surface area (Å²) in [5, 5.41) is 34.7. The van der Waals surface area contributed by atoms with Crippen molar-refractivity contribution in [1.82, 2.24) is 0 Å². The van der Waals surface area contributed by atoms with Gasteiger partial charge >= 0.3 is 5.91 Å². The van der Waals surface area contributed by atoms with Gasteiger partial charge in [-0.25, -0.2) is 0 Å². The average molecular weight is 450 g/mol. The van der Waals surface area contributed by atoms with E-state index in [9.17, 15) is 39.4 Å². The van der Waals surface area contributed by atoms with Crippen LogP contribution in [0, 0.1) is 28.6 Å². The molecule has 0 spiro atoms. The Hall–Kier alpha value is -4.10. The van der Waals surface area contributed by atoms with Crippen molar-refractivity contribution in [3.05, 3.63) is 50.4 Å². The Morgan fingerprint density at radius 3 is 2.52 bits per heavy atom. The van der Waals surface area contributed by atoms with Gasteiger partial charge in [-0.3, -0.25) is 19.2 Å². The summed E-state index contributed by atoms with van der Waals surface area (Å²) in [5.41, 5.74) is 2.91. The second-order valence-electron chi connectivity index (χ2n) is 8.38. The van der Waals surface area contributed by atoms with Crippen LogP contribution in [0.4, 0.5) is 0 Å². The number of nitrogens with zero attached hydrogens (tertiary/aromatic N) is 1. The predicted molar refractivity (Wildman–Crippen MR) is 112 cm³/mol. The monoisotopic (exact) mass is 450 g/mol. The maximum atomic E-state index is 13.4. The van der Waals surface area contributed by atoms with E-state index in [4.69, 9.17) is 5.73 Å². The molecule has 1 aromatic rings. The summed E-state index contributed by atoms with van der Waals surface area (Å²) in [6, 6.07) is 2.58. The zero-order valence-electron chi connectivity index (χ0n) is 17.3. The zero-order valence-corrected chi connectivity index (χ0v) is 17.3. The van der Waals surface area contributed by atoms with Crippen LogP contribution in [0.25, 0.3) is 5.76 Å². The predicted octanol–water partition coefficient (Wildman–Crippen LogP) is 0.573. The van der Waals surface area contributed by atoms with Gasteiger partial charge in [0.25, 0.3) is 5.91 Å². The van der Waals surface area contributed by atoms with Crippen molar-refractivity contribution in [3.8, 4) is 17.6 Å². The molecule has 168 valence electrons. The number of allylic oxidation sites excluding steroid dienone is 1. The fourth-order valence-electron chi connectivity index (χ4n) is 5.15. The number of nitroso groups, excluding NO2 is 1. The Morgan fingerprint density at radius 2 is 1.88 bits per heavy atom. The van der Waals surface area contributed by atoms with Crippen molar-refractivity contribution < 1.29 is 34.5 Å². The second kappa shape index (κ2) is 7.50. The number of fused-ring (bicyclic) bond motifs is 3. The van der Waals surface area contributed by atoms with E-state index >= 15 is 0 Å². The Labute approximate surface area is 186 Å². The Kier molecular flexibility index (Phi) is 5.02. The van der Waals surface area contributed by atoms with Gasteiger partial charge in [-0.15, -0.1) is 4.91 Å². The van der Waals surface area contributed by atoms with Crippen LogP contribution in [-0.2, 0) is 25.6 Å². The van der Waals surface area contributed by atoms with Gasteiger partial charge in [-0.1, -0.05) is 11.5 Å². The van der Waals surface area contributed by atoms with Crippen LogP contribution in [0.2, 0.25) is 0 Å². The molecule has 0 bridgehead atoms. The van der Waals surface area contributed by atoms with Crippen molar-refractivity contribution >= 4 is 29.1 Å². The second-order valence-corrected chi connectivity index (χ2v) is 8.38. The minimum atomic E-state index is -2.56. The number of nitrogens with two attached hydrogens (primary N) is 1. The number of carbonyl (C=O) groups is 4. The standard InChI is InChI=1S/C23H18N2O8/c1-9-6-12-7-11-8-13-10(3-5-15(27)25-33)2-4-14(26)18(13)19(28)17(11)21(30)23(12,32)20(29)16(9)22(24)31/h2,4,11-12,26,28,32H,6-8H2,1H3,(H2,24,31)/t11-,12-,23-/m1/s1. The number of primary amides is 1. The van der Waals surface area contributed by atoms with Crippen molar-refractivity contribution in [2.75, 3.05) is 0 Å². The quantitative estimate of drug-likeness (QED) is 0.207. The SMILES string of the molecule is CC1=C(C(N)=O)C(=O)[C@@]2(O)C(=O)C3=C(O)c4c(O)ccc(C#CC(=O)N=O)c4C[C@H]3C[C@H]2C1. The van der Waals surface area contributed by atoms with Crippen LogP contribution in [0.3, 0.4) is 0 Å². The van der Waals surface area contributed by atoms with E-state index in [1.165, 1.54) is 19.1 Å². The van der Waals surface area contributed by atoms with E-state index < -0.39 is 52.1 Å². The summed E-state index contributed by atoms with van der Waals surface area (Å²) in [6.45, 7) is 1.53. The molecule has 10 heteroatoms. The molecule has 0 unspecified atom stereocenters. The van der Waals surface area contributed by atoms with E-state index in [-0.39, 0.29) is 41.7 Å². The fourth-order valence-corrected chi connectivity index (χ4v) is 5.15. The van der Waals surface area contributed by atoms with Gasteiger partial charge in [0.1, 0.15) is 11.5 Å². The molecule has 0 heterocycles. The number of aliphatic hydroxyl groups is 2. The number of benzene rings is 1. The van der Waals surface area contributed by atoms with Crippen LogP contribution in [0.15, 0.2) is 34.0 Å². The molecule has 1 aromatic carbocycles. The molecule has 10 nitrogen and oxygen atoms in total. The van der Waals surface area contributed by atoms with Crippen LogP contribution in [-0.4, -0.2) is 44.3 Å². The zero-order chi connectivity index (χ0) is 24.2. The molecule has 3 aliphatic carbocycles. The molecule has 33 heavy (non-hydrogen) atoms. The molecule has 0 radical (unpaired) electrons. The van der Waals surface area contributed by atoms with E-state index in [0.29, 0.717) is 11.1 Å². The summed E-state index contributed by atoms with van der Waals surface area (Å²) >= 11 is 0. The normalized spacial score (nSPS) is 26.0. The topological polar surface area (TPSA) is 184 Å². The molecule has 1 saturated carbocycles. The van der Waals surface area contributed by atoms with Gasteiger partial charge in [-0.2, -0.15) is 0 Å². The van der Waals surface area contributed by atoms with Gasteiger partial charge in [0.2, 0.25) is 11.6 Å². The number of amides is 2. The summed E-state index contributed by atoms with van der Waals surface area (Å²) in [7, 11) is 0. The maximum Gasteiger partial charge on any atom is 0.360 e. The highest BCUT2D eigenvalue weighted by molar-refractivity contribution is 6.32. The molecule has 1 fully saturated rings. The Bertz CT molecular complexity index is 1310. The van der Waals surface area contributed by atoms with Crippen LogP contribution < -0.4 is 5.73 Å². The van der Waals surface area contributed by atoms with Crippen molar-refractivity contribution in [1.29, 1.82) is 0 Å². The first-order valence-corrected chi connectivity index (χ1v) is 10.0. The third-order valence-electron chi connectivity index (χ3n) is 6.58. The fraction of sp³-hybridized carbons (Fsp3) is 0.304. The summed E-state index contributed by atoms with van der Waals surface area (Å²) in [4.78, 5) is 59.7. The molecule has 3 aliphatic rings. The van der Waals surface area contributed by atoms with Crippen molar-refractivity contribution in [2.24, 2.45) is 22.7 Å². The molecule has 0 aromatic heterocycles. The van der Waals surface area contributed by atoms with E-state index in [2.05, 4.69) is 11.1 Å². The minimum absolute atomic E-state index is 0.0792. The molecule has 4 rings (SSSR count). The number of hydrogen-bond acceptors (Lipinski definition) is 8. The molecule has 0 saturated heterocycles. The number of phenols is 1. The first kappa shape index (κ1) is 22.1. The first-order valence-electron chi connectivity index (χ1n) is 10.0. The lowest BCUT2D eigenvalue weighted by molar-refractivity contribution is -0.157. The summed E-state index contributed by atoms with van der Waals surface area (Å²) in [5.74, 6) is -2.34. The smallest absolute Gasteiger partial charge is 0.360 e. The molecule has 3 atom stereocenters. The van der Waals surface area contributed by atoms with Gasteiger partial charge in [0.05, 0.1) is 11.1 Å². The number of aliphatic hydroxyl groups excluding tert-OH is 1. The van der Waals surface area contributed by atoms with Crippen LogP contribution in [0.1, 0.15) is 36.5 Å². The largest absolute Gasteiger partial charge is 0.507 e. The third kappa shape index (κ3) is 3.08. The van der Waals surface area contributed by atoms with E-state index in [1.54, 1.807) is 0 Å². The van der Waals surface area contributed by atoms with Crippen LogP contribution in [0.5, 0.6) is 5.75 Å². The number of phenolic OH excluding ortho intramolecular Hbond substituents is 1. The van der Waals surface area contributed by atoms with Crippen LogP contribution >= 0.6 is 0 Å². The Morgan fingerprint density at radius 1 is 1.18 bits per heavy atom. The van der Waals surface area contributed by atoms with Gasteiger partial charge < -0.3 is 21.1 Å². The lowest BCUT2D eigenvalue weighted by Gasteiger charge is -2.46. The van der Waals surface area contributed by atoms with E-state index in [0.717, 1.165) is 0 Å². The van der Waals surface area contributed by atoms with E-state index in [1.807, 2.05) is 5.92 Å². The average Bonchev–Trinajstić information content (AvgIpc) is 2.75. The van der Waals surface area contributed by atoms with Crippen molar-refractivity contribution in [3.63, 3.8) is 0 Å². The number of carbonyl (C=O) groups excluding carboxylic acids is 4. The molecular formula is C23H18N2O8. The number of Topliss-reactive ketones (excluding diaryl/α,β-unsaturated/α-hetero) is 2. The van der Waals surface area contributed by atoms with Gasteiger partial charge in [-0.05, 0) is 49.8 Å². The molecule has 2 amide bonds. The lowest BCUT2D eigenvalue weighted by atomic mass is 9.58. The van der Waals surface area contributed by atoms with Gasteiger partial charge in [0, 0.05) is 28.2 Å². The maximum absolute atomic E-state index is 13.4. The number of ketones is 2. The highest BCUT2D eigenvalue weighted by Crippen LogP contribution is 2.51. The first-order chi connectivity index (χ1) is 15.5. The number of hydrogen-bond donors (Lipinski definition) is 4. The van der Waals surface area contributed by atoms with Gasteiger partial charge in [0.15, 0.2) is 5.60 Å². The number of rotatable bonds is 1. The summed E-state index contributed by atoms with van der Waals surface area (Å²) in [6.07, 6.45) is 0.303. The highest BCUT2D eigenvalue weighted by atomic mass is 16.3. The summed E-state index contributed by atoms with van der Waals surface area (Å²) < 4.78 is 0. The molecule has 0 aliphatic heterocycles. The third-order valence-corrected chi connectivity index (χ3v) is 6.58. The van der Waals surface area contributed by atoms with Crippen molar-refractivity contribution in [2.45, 2.75) is 31.8 Å². The highest BCUT2D eigenvalue weighted by Gasteiger charge is 2.60. The Balaban J connectivity index is 1.89. The molecular weight excluding hydrogens is 432 g/mol. The lowest BCUT2D eigenvalue weighted by Crippen LogP contribution is -2.61.